The van der Waals surface area contributed by atoms with Crippen LogP contribution in [0.4, 0.5) is 0 Å². The Morgan fingerprint density at radius 2 is 2.06 bits per heavy atom. The lowest BCUT2D eigenvalue weighted by molar-refractivity contribution is -0.131. The van der Waals surface area contributed by atoms with Crippen molar-refractivity contribution in [3.05, 3.63) is 48.3 Å². The van der Waals surface area contributed by atoms with Gasteiger partial charge in [-0.15, -0.1) is 0 Å². The van der Waals surface area contributed by atoms with Gasteiger partial charge in [0.25, 0.3) is 5.91 Å². The summed E-state index contributed by atoms with van der Waals surface area (Å²) >= 11 is 0. The number of para-hydroxylation sites is 1. The molecular formula is C24H26N4O4. The second-order valence-corrected chi connectivity index (χ2v) is 7.97. The van der Waals surface area contributed by atoms with Crippen LogP contribution in [0.15, 0.2) is 42.7 Å². The number of carbonyl (C=O) groups excluding carboxylic acids is 3. The van der Waals surface area contributed by atoms with Gasteiger partial charge in [-0.05, 0) is 42.5 Å². The molecule has 1 atom stereocenters. The van der Waals surface area contributed by atoms with E-state index in [1.165, 1.54) is 0 Å². The fourth-order valence-corrected chi connectivity index (χ4v) is 4.34. The van der Waals surface area contributed by atoms with E-state index in [-0.39, 0.29) is 18.4 Å². The van der Waals surface area contributed by atoms with Gasteiger partial charge >= 0.3 is 0 Å². The zero-order valence-corrected chi connectivity index (χ0v) is 17.9. The molecule has 0 bridgehead atoms. The summed E-state index contributed by atoms with van der Waals surface area (Å²) in [6.45, 7) is -0.282. The van der Waals surface area contributed by atoms with Crippen LogP contribution in [0.3, 0.4) is 0 Å². The molecule has 3 N–H and O–H groups in total. The van der Waals surface area contributed by atoms with Gasteiger partial charge in [0.05, 0.1) is 22.9 Å². The fraction of sp³-hybridized carbons (Fsp3) is 0.333. The summed E-state index contributed by atoms with van der Waals surface area (Å²) in [6.07, 6.45) is 6.28. The number of hydrogen-bond acceptors (Lipinski definition) is 5. The van der Waals surface area contributed by atoms with Crippen LogP contribution in [0.2, 0.25) is 0 Å². The average molecular weight is 434 g/mol. The van der Waals surface area contributed by atoms with E-state index in [4.69, 9.17) is 4.74 Å². The molecule has 1 heterocycles. The smallest absolute Gasteiger partial charge is 0.258 e. The maximum Gasteiger partial charge on any atom is 0.258 e. The maximum atomic E-state index is 12.5. The van der Waals surface area contributed by atoms with Crippen molar-refractivity contribution in [3.63, 3.8) is 0 Å². The summed E-state index contributed by atoms with van der Waals surface area (Å²) in [6, 6.07) is 10.4. The van der Waals surface area contributed by atoms with E-state index in [0.717, 1.165) is 47.8 Å². The van der Waals surface area contributed by atoms with Crippen LogP contribution in [0.5, 0.6) is 5.75 Å². The second kappa shape index (κ2) is 9.64. The van der Waals surface area contributed by atoms with Crippen LogP contribution in [-0.4, -0.2) is 47.8 Å². The van der Waals surface area contributed by atoms with E-state index in [0.29, 0.717) is 17.6 Å². The number of aromatic nitrogens is 2. The average Bonchev–Trinajstić information content (AvgIpc) is 3.52. The lowest BCUT2D eigenvalue weighted by Gasteiger charge is -2.23. The minimum Gasteiger partial charge on any atom is -0.483 e. The largest absolute Gasteiger partial charge is 0.483 e. The number of carbonyl (C=O) groups is 3. The Morgan fingerprint density at radius 3 is 2.81 bits per heavy atom. The third-order valence-electron chi connectivity index (χ3n) is 5.97. The van der Waals surface area contributed by atoms with Crippen molar-refractivity contribution < 1.29 is 19.1 Å². The molecule has 1 aliphatic rings. The number of aromatic amines is 1. The van der Waals surface area contributed by atoms with Gasteiger partial charge in [-0.25, -0.2) is 4.98 Å². The first-order chi connectivity index (χ1) is 15.6. The minimum atomic E-state index is -0.569. The van der Waals surface area contributed by atoms with Crippen molar-refractivity contribution in [1.29, 1.82) is 0 Å². The topological polar surface area (TPSA) is 113 Å². The lowest BCUT2D eigenvalue weighted by atomic mass is 9.97. The molecule has 8 nitrogen and oxygen atoms in total. The summed E-state index contributed by atoms with van der Waals surface area (Å²) < 4.78 is 5.63. The molecule has 1 aliphatic carbocycles. The Labute approximate surface area is 185 Å². The molecule has 4 rings (SSSR count). The first-order valence-corrected chi connectivity index (χ1v) is 10.8. The maximum absolute atomic E-state index is 12.5. The molecule has 0 aliphatic heterocycles. The number of nitrogens with one attached hydrogen (secondary N) is 3. The van der Waals surface area contributed by atoms with Gasteiger partial charge in [0.2, 0.25) is 5.91 Å². The normalized spacial score (nSPS) is 14.8. The highest BCUT2D eigenvalue weighted by Crippen LogP contribution is 2.30. The number of imidazole rings is 1. The molecule has 2 aromatic carbocycles. The number of ether oxygens (including phenoxy) is 1. The summed E-state index contributed by atoms with van der Waals surface area (Å²) in [5, 5.41) is 5.42. The zero-order chi connectivity index (χ0) is 22.5. The van der Waals surface area contributed by atoms with Crippen LogP contribution in [0.25, 0.3) is 22.2 Å². The van der Waals surface area contributed by atoms with Crippen LogP contribution in [-0.2, 0) is 9.59 Å². The van der Waals surface area contributed by atoms with Crippen LogP contribution in [0, 0.1) is 5.92 Å². The summed E-state index contributed by atoms with van der Waals surface area (Å²) in [5.74, 6) is -0.151. The highest BCUT2D eigenvalue weighted by Gasteiger charge is 2.31. The molecule has 0 saturated heterocycles. The number of benzene rings is 2. The lowest BCUT2D eigenvalue weighted by Crippen LogP contribution is -2.50. The Morgan fingerprint density at radius 1 is 1.25 bits per heavy atom. The first-order valence-electron chi connectivity index (χ1n) is 10.8. The number of amides is 2. The van der Waals surface area contributed by atoms with E-state index in [1.807, 2.05) is 24.3 Å². The van der Waals surface area contributed by atoms with E-state index in [9.17, 15) is 14.4 Å². The predicted molar refractivity (Wildman–Crippen MR) is 120 cm³/mol. The van der Waals surface area contributed by atoms with E-state index in [1.54, 1.807) is 25.5 Å². The Hall–Kier alpha value is -3.68. The molecule has 1 aromatic heterocycles. The Bertz CT molecular complexity index is 1130. The third-order valence-corrected chi connectivity index (χ3v) is 5.97. The van der Waals surface area contributed by atoms with Crippen LogP contribution < -0.4 is 15.4 Å². The monoisotopic (exact) mass is 434 g/mol. The van der Waals surface area contributed by atoms with Gasteiger partial charge < -0.3 is 20.4 Å². The van der Waals surface area contributed by atoms with Crippen molar-refractivity contribution in [1.82, 2.24) is 20.6 Å². The number of hydrogen-bond donors (Lipinski definition) is 3. The second-order valence-electron chi connectivity index (χ2n) is 7.97. The molecule has 3 aromatic rings. The van der Waals surface area contributed by atoms with Crippen molar-refractivity contribution in [2.45, 2.75) is 31.7 Å². The van der Waals surface area contributed by atoms with Crippen molar-refractivity contribution in [3.8, 4) is 16.9 Å². The van der Waals surface area contributed by atoms with Gasteiger partial charge in [-0.3, -0.25) is 14.4 Å². The first kappa shape index (κ1) is 21.5. The molecular weight excluding hydrogens is 408 g/mol. The number of H-pyrrole nitrogens is 1. The fourth-order valence-electron chi connectivity index (χ4n) is 4.34. The van der Waals surface area contributed by atoms with Crippen molar-refractivity contribution in [2.24, 2.45) is 5.92 Å². The van der Waals surface area contributed by atoms with Gasteiger partial charge in [-0.2, -0.15) is 0 Å². The van der Waals surface area contributed by atoms with Gasteiger partial charge in [0, 0.05) is 12.6 Å². The number of likely N-dealkylation sites (N-methyl/N-ethyl adjacent to an activating group) is 1. The Balaban J connectivity index is 1.46. The van der Waals surface area contributed by atoms with Gasteiger partial charge in [0.15, 0.2) is 12.9 Å². The minimum absolute atomic E-state index is 0.133. The summed E-state index contributed by atoms with van der Waals surface area (Å²) in [7, 11) is 1.56. The molecule has 0 spiro atoms. The molecule has 0 radical (unpaired) electrons. The molecule has 166 valence electrons. The number of nitrogens with zero attached hydrogens (tertiary/aromatic N) is 1. The van der Waals surface area contributed by atoms with Crippen LogP contribution >= 0.6 is 0 Å². The third kappa shape index (κ3) is 4.49. The summed E-state index contributed by atoms with van der Waals surface area (Å²) in [4.78, 5) is 43.8. The molecule has 0 unspecified atom stereocenters. The Kier molecular flexibility index (Phi) is 6.49. The highest BCUT2D eigenvalue weighted by molar-refractivity contribution is 5.93. The van der Waals surface area contributed by atoms with Gasteiger partial charge in [0.1, 0.15) is 11.8 Å². The van der Waals surface area contributed by atoms with Crippen LogP contribution in [0.1, 0.15) is 36.0 Å². The van der Waals surface area contributed by atoms with E-state index in [2.05, 4.69) is 20.6 Å². The zero-order valence-electron chi connectivity index (χ0n) is 17.9. The number of fused-ring (bicyclic) bond motifs is 1. The predicted octanol–water partition coefficient (Wildman–Crippen LogP) is 2.84. The molecule has 32 heavy (non-hydrogen) atoms. The molecule has 2 amide bonds. The van der Waals surface area contributed by atoms with E-state index < -0.39 is 11.9 Å². The van der Waals surface area contributed by atoms with Crippen molar-refractivity contribution >= 4 is 29.1 Å². The quantitative estimate of drug-likeness (QED) is 0.472. The number of aldehydes is 1. The standard InChI is InChI=1S/C24H26N4O4/c1-25-24(31)22(15-5-2-3-6-15)28-21(30)13-32-20-10-9-16(11-17(20)12-29)18-7-4-8-19-23(18)27-14-26-19/h4,7-12,14-15,22H,2-3,5-6,13H2,1H3,(H,25,31)(H,26,27)(H,28,30)/t22-/m1/s1. The molecule has 1 saturated carbocycles. The van der Waals surface area contributed by atoms with Crippen molar-refractivity contribution in [2.75, 3.05) is 13.7 Å². The van der Waals surface area contributed by atoms with Gasteiger partial charge in [-0.1, -0.05) is 31.0 Å². The molecule has 8 heteroatoms. The molecule has 1 fully saturated rings. The summed E-state index contributed by atoms with van der Waals surface area (Å²) in [5.41, 5.74) is 3.76. The highest BCUT2D eigenvalue weighted by atomic mass is 16.5. The SMILES string of the molecule is CNC(=O)[C@H](NC(=O)COc1ccc(-c2cccc3[nH]cnc23)cc1C=O)C1CCCC1. The number of rotatable bonds is 8. The van der Waals surface area contributed by atoms with E-state index >= 15 is 0 Å².